The van der Waals surface area contributed by atoms with Gasteiger partial charge in [-0.15, -0.1) is 0 Å². The van der Waals surface area contributed by atoms with Gasteiger partial charge in [0.2, 0.25) is 11.8 Å². The van der Waals surface area contributed by atoms with Crippen LogP contribution in [0.1, 0.15) is 24.1 Å². The molecule has 0 aliphatic rings. The van der Waals surface area contributed by atoms with Gasteiger partial charge < -0.3 is 10.3 Å². The summed E-state index contributed by atoms with van der Waals surface area (Å²) in [5.41, 5.74) is 5.88. The highest BCUT2D eigenvalue weighted by molar-refractivity contribution is 6.33. The number of aromatic amines is 1. The molecule has 0 saturated carbocycles. The molecule has 1 heterocycles. The van der Waals surface area contributed by atoms with Crippen molar-refractivity contribution in [2.75, 3.05) is 5.32 Å². The molecule has 3 N–H and O–H groups in total. The molecule has 1 aromatic heterocycles. The summed E-state index contributed by atoms with van der Waals surface area (Å²) < 4.78 is 0. The lowest BCUT2D eigenvalue weighted by atomic mass is 10.1. The van der Waals surface area contributed by atoms with Gasteiger partial charge in [-0.25, -0.2) is 5.43 Å². The van der Waals surface area contributed by atoms with E-state index < -0.39 is 0 Å². The molecular weight excluding hydrogens is 364 g/mol. The molecule has 0 aliphatic carbocycles. The summed E-state index contributed by atoms with van der Waals surface area (Å²) in [5, 5.41) is 8.17. The fourth-order valence-corrected chi connectivity index (χ4v) is 2.87. The van der Waals surface area contributed by atoms with Crippen molar-refractivity contribution in [3.05, 3.63) is 64.8 Å². The second-order valence-corrected chi connectivity index (χ2v) is 6.44. The number of rotatable bonds is 6. The number of carbonyl (C=O) groups is 2. The van der Waals surface area contributed by atoms with Gasteiger partial charge in [0.15, 0.2) is 0 Å². The van der Waals surface area contributed by atoms with Crippen molar-refractivity contribution in [1.82, 2.24) is 10.4 Å². The molecule has 2 amide bonds. The molecule has 0 unspecified atom stereocenters. The van der Waals surface area contributed by atoms with Gasteiger partial charge in [0.25, 0.3) is 0 Å². The number of nitrogens with one attached hydrogen (secondary N) is 3. The first-order valence-corrected chi connectivity index (χ1v) is 8.86. The fourth-order valence-electron chi connectivity index (χ4n) is 2.69. The Balaban J connectivity index is 1.51. The number of hydrogen-bond donors (Lipinski definition) is 3. The maximum atomic E-state index is 11.9. The lowest BCUT2D eigenvalue weighted by Gasteiger charge is -2.06. The summed E-state index contributed by atoms with van der Waals surface area (Å²) in [7, 11) is 0. The van der Waals surface area contributed by atoms with Crippen LogP contribution in [-0.4, -0.2) is 23.0 Å². The van der Waals surface area contributed by atoms with E-state index in [9.17, 15) is 9.59 Å². The summed E-state index contributed by atoms with van der Waals surface area (Å²) in [4.78, 5) is 27.1. The normalized spacial score (nSPS) is 11.0. The van der Waals surface area contributed by atoms with Gasteiger partial charge in [0.1, 0.15) is 0 Å². The first-order valence-electron chi connectivity index (χ1n) is 8.48. The van der Waals surface area contributed by atoms with Crippen LogP contribution in [0.4, 0.5) is 5.69 Å². The van der Waals surface area contributed by atoms with Crippen LogP contribution in [0.3, 0.4) is 0 Å². The highest BCUT2D eigenvalue weighted by atomic mass is 35.5. The van der Waals surface area contributed by atoms with Crippen molar-refractivity contribution in [2.45, 2.75) is 19.8 Å². The molecule has 6 nitrogen and oxygen atoms in total. The standard InChI is InChI=1S/C20H19ClN4O2/c1-13-15(14-6-2-4-8-17(14)23-13)12-22-25-20(27)11-10-19(26)24-18-9-5-3-7-16(18)21/h2-9,12,23H,10-11H2,1H3,(H,24,26)(H,25,27). The lowest BCUT2D eigenvalue weighted by Crippen LogP contribution is -2.20. The van der Waals surface area contributed by atoms with Gasteiger partial charge in [-0.3, -0.25) is 9.59 Å². The van der Waals surface area contributed by atoms with E-state index in [0.29, 0.717) is 10.7 Å². The number of hydrogen-bond acceptors (Lipinski definition) is 3. The van der Waals surface area contributed by atoms with Crippen molar-refractivity contribution < 1.29 is 9.59 Å². The zero-order valence-corrected chi connectivity index (χ0v) is 15.5. The van der Waals surface area contributed by atoms with Crippen LogP contribution in [0.25, 0.3) is 10.9 Å². The predicted molar refractivity (Wildman–Crippen MR) is 108 cm³/mol. The molecule has 0 fully saturated rings. The van der Waals surface area contributed by atoms with E-state index in [0.717, 1.165) is 22.2 Å². The van der Waals surface area contributed by atoms with E-state index in [4.69, 9.17) is 11.6 Å². The Hall–Kier alpha value is -3.12. The SMILES string of the molecule is Cc1[nH]c2ccccc2c1C=NNC(=O)CCC(=O)Nc1ccccc1Cl. The zero-order chi connectivity index (χ0) is 19.2. The lowest BCUT2D eigenvalue weighted by molar-refractivity contribution is -0.124. The van der Waals surface area contributed by atoms with E-state index in [1.807, 2.05) is 31.2 Å². The number of aromatic nitrogens is 1. The van der Waals surface area contributed by atoms with Crippen LogP contribution in [0.15, 0.2) is 53.6 Å². The van der Waals surface area contributed by atoms with Crippen molar-refractivity contribution in [1.29, 1.82) is 0 Å². The molecule has 0 saturated heterocycles. The molecule has 0 radical (unpaired) electrons. The Bertz CT molecular complexity index is 1010. The Morgan fingerprint density at radius 3 is 2.59 bits per heavy atom. The van der Waals surface area contributed by atoms with Gasteiger partial charge in [-0.1, -0.05) is 41.9 Å². The molecule has 27 heavy (non-hydrogen) atoms. The number of anilines is 1. The molecule has 2 aromatic carbocycles. The number of aryl methyl sites for hydroxylation is 1. The third kappa shape index (κ3) is 4.74. The van der Waals surface area contributed by atoms with Gasteiger partial charge in [0, 0.05) is 35.0 Å². The van der Waals surface area contributed by atoms with Gasteiger partial charge >= 0.3 is 0 Å². The summed E-state index contributed by atoms with van der Waals surface area (Å²) in [5.74, 6) is -0.618. The smallest absolute Gasteiger partial charge is 0.240 e. The highest BCUT2D eigenvalue weighted by Gasteiger charge is 2.09. The fraction of sp³-hybridized carbons (Fsp3) is 0.150. The van der Waals surface area contributed by atoms with Crippen molar-refractivity contribution in [3.63, 3.8) is 0 Å². The summed E-state index contributed by atoms with van der Waals surface area (Å²) in [6.07, 6.45) is 1.68. The Morgan fingerprint density at radius 1 is 1.07 bits per heavy atom. The largest absolute Gasteiger partial charge is 0.358 e. The van der Waals surface area contributed by atoms with Crippen LogP contribution >= 0.6 is 11.6 Å². The van der Waals surface area contributed by atoms with Gasteiger partial charge in [0.05, 0.1) is 16.9 Å². The van der Waals surface area contributed by atoms with Gasteiger partial charge in [-0.2, -0.15) is 5.10 Å². The summed E-state index contributed by atoms with van der Waals surface area (Å²) in [6.45, 7) is 1.95. The Kier molecular flexibility index (Phi) is 5.88. The van der Waals surface area contributed by atoms with Gasteiger partial charge in [-0.05, 0) is 25.1 Å². The van der Waals surface area contributed by atoms with E-state index in [-0.39, 0.29) is 24.7 Å². The maximum Gasteiger partial charge on any atom is 0.240 e. The number of halogens is 1. The third-order valence-corrected chi connectivity index (χ3v) is 4.38. The van der Waals surface area contributed by atoms with Crippen molar-refractivity contribution >= 4 is 46.2 Å². The molecule has 0 aliphatic heterocycles. The highest BCUT2D eigenvalue weighted by Crippen LogP contribution is 2.21. The summed E-state index contributed by atoms with van der Waals surface area (Å²) in [6, 6.07) is 14.8. The topological polar surface area (TPSA) is 86.3 Å². The summed E-state index contributed by atoms with van der Waals surface area (Å²) >= 11 is 5.99. The molecule has 7 heteroatoms. The molecule has 0 bridgehead atoms. The second kappa shape index (κ2) is 8.51. The van der Waals surface area contributed by atoms with Crippen LogP contribution in [0, 0.1) is 6.92 Å². The number of amides is 2. The van der Waals surface area contributed by atoms with E-state index >= 15 is 0 Å². The molecule has 0 spiro atoms. The molecule has 3 rings (SSSR count). The van der Waals surface area contributed by atoms with Crippen LogP contribution in [-0.2, 0) is 9.59 Å². The zero-order valence-electron chi connectivity index (χ0n) is 14.8. The molecule has 138 valence electrons. The number of hydrazone groups is 1. The quantitative estimate of drug-likeness (QED) is 0.444. The first kappa shape index (κ1) is 18.7. The number of para-hydroxylation sites is 2. The van der Waals surface area contributed by atoms with Crippen LogP contribution in [0.2, 0.25) is 5.02 Å². The molecule has 3 aromatic rings. The number of fused-ring (bicyclic) bond motifs is 1. The average Bonchev–Trinajstić information content (AvgIpc) is 2.97. The monoisotopic (exact) mass is 382 g/mol. The number of benzene rings is 2. The molecular formula is C20H19ClN4O2. The predicted octanol–water partition coefficient (Wildman–Crippen LogP) is 4.00. The van der Waals surface area contributed by atoms with Crippen LogP contribution in [0.5, 0.6) is 0 Å². The maximum absolute atomic E-state index is 11.9. The number of H-pyrrole nitrogens is 1. The van der Waals surface area contributed by atoms with E-state index in [1.54, 1.807) is 30.5 Å². The van der Waals surface area contributed by atoms with E-state index in [2.05, 4.69) is 20.8 Å². The van der Waals surface area contributed by atoms with Crippen molar-refractivity contribution in [3.8, 4) is 0 Å². The minimum atomic E-state index is -0.335. The van der Waals surface area contributed by atoms with Crippen molar-refractivity contribution in [2.24, 2.45) is 5.10 Å². The third-order valence-electron chi connectivity index (χ3n) is 4.05. The average molecular weight is 383 g/mol. The molecule has 0 atom stereocenters. The minimum Gasteiger partial charge on any atom is -0.358 e. The Labute approximate surface area is 161 Å². The van der Waals surface area contributed by atoms with E-state index in [1.165, 1.54) is 0 Å². The minimum absolute atomic E-state index is 0.0283. The second-order valence-electron chi connectivity index (χ2n) is 6.03. The van der Waals surface area contributed by atoms with Crippen LogP contribution < -0.4 is 10.7 Å². The number of carbonyl (C=O) groups excluding carboxylic acids is 2. The first-order chi connectivity index (χ1) is 13.0. The Morgan fingerprint density at radius 2 is 1.78 bits per heavy atom. The number of nitrogens with zero attached hydrogens (tertiary/aromatic N) is 1.